The van der Waals surface area contributed by atoms with Crippen LogP contribution in [0.4, 0.5) is 5.69 Å². The molecule has 3 rings (SSSR count). The summed E-state index contributed by atoms with van der Waals surface area (Å²) in [5, 5.41) is 8.20. The Bertz CT molecular complexity index is 1220. The molecule has 8 nitrogen and oxygen atoms in total. The molecule has 2 aromatic carbocycles. The number of carbonyl (C=O) groups excluding carboxylic acids is 2. The molecule has 0 fully saturated rings. The molecule has 0 aliphatic carbocycles. The molecule has 0 spiro atoms. The Morgan fingerprint density at radius 1 is 1.10 bits per heavy atom. The molecule has 0 atom stereocenters. The number of sulfonamides is 1. The van der Waals surface area contributed by atoms with Crippen molar-refractivity contribution in [3.05, 3.63) is 65.9 Å². The van der Waals surface area contributed by atoms with E-state index in [1.165, 1.54) is 24.3 Å². The molecule has 0 unspecified atom stereocenters. The zero-order valence-corrected chi connectivity index (χ0v) is 17.3. The highest BCUT2D eigenvalue weighted by Gasteiger charge is 2.17. The number of anilines is 1. The monoisotopic (exact) mass is 427 g/mol. The fourth-order valence-electron chi connectivity index (χ4n) is 2.82. The number of nitrogens with zero attached hydrogens (tertiary/aromatic N) is 1. The first-order valence-electron chi connectivity index (χ1n) is 9.14. The van der Waals surface area contributed by atoms with Gasteiger partial charge in [-0.1, -0.05) is 38.1 Å². The lowest BCUT2D eigenvalue weighted by Gasteiger charge is -2.12. The zero-order valence-electron chi connectivity index (χ0n) is 16.5. The van der Waals surface area contributed by atoms with Crippen LogP contribution in [-0.2, 0) is 19.6 Å². The van der Waals surface area contributed by atoms with Gasteiger partial charge in [-0.25, -0.2) is 18.4 Å². The summed E-state index contributed by atoms with van der Waals surface area (Å²) in [6.45, 7) is 3.40. The highest BCUT2D eigenvalue weighted by molar-refractivity contribution is 7.89. The van der Waals surface area contributed by atoms with Crippen LogP contribution in [0.1, 0.15) is 35.8 Å². The highest BCUT2D eigenvalue weighted by atomic mass is 32.2. The first-order chi connectivity index (χ1) is 14.1. The number of esters is 1. The van der Waals surface area contributed by atoms with E-state index in [2.05, 4.69) is 10.3 Å². The quantitative estimate of drug-likeness (QED) is 0.582. The molecular formula is C21H21N3O5S. The van der Waals surface area contributed by atoms with E-state index in [1.54, 1.807) is 18.2 Å². The molecule has 1 amide bonds. The number of hydrogen-bond acceptors (Lipinski definition) is 6. The minimum atomic E-state index is -3.90. The zero-order chi connectivity index (χ0) is 21.9. The summed E-state index contributed by atoms with van der Waals surface area (Å²) in [6, 6.07) is 14.3. The summed E-state index contributed by atoms with van der Waals surface area (Å²) in [5.41, 5.74) is 1.96. The van der Waals surface area contributed by atoms with Crippen molar-refractivity contribution in [3.63, 3.8) is 0 Å². The smallest absolute Gasteiger partial charge is 0.339 e. The standard InChI is InChI=1S/C21H21N3O5S/c1-13(2)19-11-17(16-8-3-4-9-18(16)24-19)21(26)29-12-20(25)23-14-6-5-7-15(10-14)30(22,27)28/h3-11,13H,12H2,1-2H3,(H,23,25)(H2,22,27,28). The van der Waals surface area contributed by atoms with Crippen LogP contribution in [0.25, 0.3) is 10.9 Å². The van der Waals surface area contributed by atoms with Gasteiger partial charge in [0.15, 0.2) is 6.61 Å². The van der Waals surface area contributed by atoms with Gasteiger partial charge in [0.25, 0.3) is 5.91 Å². The molecule has 1 aromatic heterocycles. The van der Waals surface area contributed by atoms with Crippen molar-refractivity contribution >= 4 is 38.5 Å². The van der Waals surface area contributed by atoms with Gasteiger partial charge in [0.1, 0.15) is 0 Å². The van der Waals surface area contributed by atoms with E-state index in [-0.39, 0.29) is 16.5 Å². The predicted molar refractivity (Wildman–Crippen MR) is 113 cm³/mol. The highest BCUT2D eigenvalue weighted by Crippen LogP contribution is 2.23. The van der Waals surface area contributed by atoms with Crippen LogP contribution in [0, 0.1) is 0 Å². The Morgan fingerprint density at radius 2 is 1.83 bits per heavy atom. The minimum absolute atomic E-state index is 0.107. The van der Waals surface area contributed by atoms with Gasteiger partial charge < -0.3 is 10.1 Å². The van der Waals surface area contributed by atoms with Crippen LogP contribution in [-0.4, -0.2) is 31.9 Å². The van der Waals surface area contributed by atoms with Crippen molar-refractivity contribution in [2.24, 2.45) is 5.14 Å². The second-order valence-electron chi connectivity index (χ2n) is 6.96. The largest absolute Gasteiger partial charge is 0.452 e. The maximum Gasteiger partial charge on any atom is 0.339 e. The van der Waals surface area contributed by atoms with E-state index < -0.39 is 28.5 Å². The van der Waals surface area contributed by atoms with Crippen molar-refractivity contribution in [1.82, 2.24) is 4.98 Å². The number of pyridine rings is 1. The lowest BCUT2D eigenvalue weighted by Crippen LogP contribution is -2.21. The van der Waals surface area contributed by atoms with Gasteiger partial charge in [-0.2, -0.15) is 0 Å². The number of nitrogens with one attached hydrogen (secondary N) is 1. The number of amides is 1. The Morgan fingerprint density at radius 3 is 2.53 bits per heavy atom. The van der Waals surface area contributed by atoms with Crippen LogP contribution < -0.4 is 10.5 Å². The number of nitrogens with two attached hydrogens (primary N) is 1. The first-order valence-corrected chi connectivity index (χ1v) is 10.7. The second kappa shape index (κ2) is 8.60. The van der Waals surface area contributed by atoms with Gasteiger partial charge >= 0.3 is 5.97 Å². The molecule has 0 bridgehead atoms. The van der Waals surface area contributed by atoms with E-state index in [1.807, 2.05) is 26.0 Å². The van der Waals surface area contributed by atoms with E-state index in [0.717, 1.165) is 5.69 Å². The summed E-state index contributed by atoms with van der Waals surface area (Å²) < 4.78 is 28.0. The molecule has 1 heterocycles. The van der Waals surface area contributed by atoms with Crippen molar-refractivity contribution in [2.75, 3.05) is 11.9 Å². The SMILES string of the molecule is CC(C)c1cc(C(=O)OCC(=O)Nc2cccc(S(N)(=O)=O)c2)c2ccccc2n1. The molecule has 9 heteroatoms. The lowest BCUT2D eigenvalue weighted by atomic mass is 10.0. The average molecular weight is 427 g/mol. The second-order valence-corrected chi connectivity index (χ2v) is 8.53. The third kappa shape index (κ3) is 5.00. The van der Waals surface area contributed by atoms with E-state index in [9.17, 15) is 18.0 Å². The number of carbonyl (C=O) groups is 2. The van der Waals surface area contributed by atoms with Crippen LogP contribution in [0.3, 0.4) is 0 Å². The van der Waals surface area contributed by atoms with Crippen LogP contribution in [0.5, 0.6) is 0 Å². The number of para-hydroxylation sites is 1. The molecule has 3 N–H and O–H groups in total. The fourth-order valence-corrected chi connectivity index (χ4v) is 3.38. The summed E-state index contributed by atoms with van der Waals surface area (Å²) in [5.74, 6) is -1.16. The maximum atomic E-state index is 12.7. The first kappa shape index (κ1) is 21.4. The molecule has 0 aliphatic rings. The Labute approximate surface area is 174 Å². The molecule has 0 radical (unpaired) electrons. The summed E-state index contributed by atoms with van der Waals surface area (Å²) in [6.07, 6.45) is 0. The molecule has 0 saturated carbocycles. The lowest BCUT2D eigenvalue weighted by molar-refractivity contribution is -0.119. The third-order valence-electron chi connectivity index (χ3n) is 4.33. The topological polar surface area (TPSA) is 128 Å². The molecule has 0 aliphatic heterocycles. The fraction of sp³-hybridized carbons (Fsp3) is 0.190. The summed E-state index contributed by atoms with van der Waals surface area (Å²) >= 11 is 0. The molecule has 0 saturated heterocycles. The minimum Gasteiger partial charge on any atom is -0.452 e. The van der Waals surface area contributed by atoms with Crippen LogP contribution >= 0.6 is 0 Å². The van der Waals surface area contributed by atoms with Crippen molar-refractivity contribution in [3.8, 4) is 0 Å². The van der Waals surface area contributed by atoms with E-state index in [4.69, 9.17) is 9.88 Å². The number of fused-ring (bicyclic) bond motifs is 1. The van der Waals surface area contributed by atoms with Gasteiger partial charge in [-0.05, 0) is 36.2 Å². The van der Waals surface area contributed by atoms with Crippen molar-refractivity contribution < 1.29 is 22.7 Å². The number of benzene rings is 2. The number of rotatable bonds is 6. The third-order valence-corrected chi connectivity index (χ3v) is 5.24. The number of ether oxygens (including phenoxy) is 1. The number of aromatic nitrogens is 1. The Hall–Kier alpha value is -3.30. The maximum absolute atomic E-state index is 12.7. The molecule has 30 heavy (non-hydrogen) atoms. The van der Waals surface area contributed by atoms with E-state index in [0.29, 0.717) is 16.5 Å². The van der Waals surface area contributed by atoms with Crippen molar-refractivity contribution in [2.45, 2.75) is 24.7 Å². The number of primary sulfonamides is 1. The van der Waals surface area contributed by atoms with Gasteiger partial charge in [0.2, 0.25) is 10.0 Å². The normalized spacial score (nSPS) is 11.5. The van der Waals surface area contributed by atoms with Crippen LogP contribution in [0.15, 0.2) is 59.5 Å². The van der Waals surface area contributed by atoms with E-state index >= 15 is 0 Å². The Kier molecular flexibility index (Phi) is 6.14. The van der Waals surface area contributed by atoms with Crippen molar-refractivity contribution in [1.29, 1.82) is 0 Å². The predicted octanol–water partition coefficient (Wildman–Crippen LogP) is 2.80. The summed E-state index contributed by atoms with van der Waals surface area (Å²) in [7, 11) is -3.90. The molecule has 156 valence electrons. The summed E-state index contributed by atoms with van der Waals surface area (Å²) in [4.78, 5) is 29.2. The van der Waals surface area contributed by atoms with Gasteiger partial charge in [-0.3, -0.25) is 9.78 Å². The average Bonchev–Trinajstić information content (AvgIpc) is 2.70. The van der Waals surface area contributed by atoms with Gasteiger partial charge in [0.05, 0.1) is 16.0 Å². The number of hydrogen-bond donors (Lipinski definition) is 2. The van der Waals surface area contributed by atoms with Crippen LogP contribution in [0.2, 0.25) is 0 Å². The Balaban J connectivity index is 1.74. The van der Waals surface area contributed by atoms with Gasteiger partial charge in [-0.15, -0.1) is 0 Å². The molecule has 3 aromatic rings. The van der Waals surface area contributed by atoms with Gasteiger partial charge in [0, 0.05) is 16.8 Å². The molecular weight excluding hydrogens is 406 g/mol.